The van der Waals surface area contributed by atoms with Crippen LogP contribution in [0.3, 0.4) is 0 Å². The third kappa shape index (κ3) is 1.86. The van der Waals surface area contributed by atoms with Crippen LogP contribution in [0.4, 0.5) is 11.4 Å². The first kappa shape index (κ1) is 14.3. The van der Waals surface area contributed by atoms with Gasteiger partial charge in [-0.25, -0.2) is 0 Å². The minimum atomic E-state index is -0.991. The Kier molecular flexibility index (Phi) is 3.03. The summed E-state index contributed by atoms with van der Waals surface area (Å²) < 4.78 is 0. The number of benzene rings is 2. The van der Waals surface area contributed by atoms with Crippen LogP contribution >= 0.6 is 11.8 Å². The SMILES string of the molecule is Cc1ccc(N2C(=O)CS[C@]23C(=O)Nc2ccccc23)cc1C. The molecule has 0 saturated carbocycles. The van der Waals surface area contributed by atoms with Gasteiger partial charge in [-0.05, 0) is 43.2 Å². The van der Waals surface area contributed by atoms with Crippen LogP contribution in [0.25, 0.3) is 0 Å². The Hall–Kier alpha value is -2.27. The normalized spacial score (nSPS) is 22.6. The summed E-state index contributed by atoms with van der Waals surface area (Å²) in [6, 6.07) is 13.5. The Labute approximate surface area is 138 Å². The molecule has 0 radical (unpaired) electrons. The lowest BCUT2D eigenvalue weighted by Crippen LogP contribution is -2.47. The summed E-state index contributed by atoms with van der Waals surface area (Å²) in [6.45, 7) is 4.05. The van der Waals surface area contributed by atoms with Crippen LogP contribution in [0.15, 0.2) is 42.5 Å². The molecular weight excluding hydrogens is 308 g/mol. The number of aryl methyl sites for hydroxylation is 2. The second-order valence-corrected chi connectivity index (χ2v) is 7.10. The Morgan fingerprint density at radius 2 is 1.87 bits per heavy atom. The van der Waals surface area contributed by atoms with Gasteiger partial charge < -0.3 is 5.32 Å². The van der Waals surface area contributed by atoms with Gasteiger partial charge in [0.25, 0.3) is 5.91 Å². The quantitative estimate of drug-likeness (QED) is 0.876. The molecule has 23 heavy (non-hydrogen) atoms. The van der Waals surface area contributed by atoms with Crippen molar-refractivity contribution < 1.29 is 9.59 Å². The highest BCUT2D eigenvalue weighted by atomic mass is 32.2. The molecule has 116 valence electrons. The largest absolute Gasteiger partial charge is 0.323 e. The topological polar surface area (TPSA) is 49.4 Å². The summed E-state index contributed by atoms with van der Waals surface area (Å²) in [5.41, 5.74) is 4.69. The van der Waals surface area contributed by atoms with Crippen molar-refractivity contribution in [3.63, 3.8) is 0 Å². The monoisotopic (exact) mass is 324 g/mol. The molecule has 2 aliphatic heterocycles. The molecule has 5 heteroatoms. The average molecular weight is 324 g/mol. The van der Waals surface area contributed by atoms with Crippen LogP contribution < -0.4 is 10.2 Å². The maximum atomic E-state index is 12.8. The van der Waals surface area contributed by atoms with E-state index in [9.17, 15) is 9.59 Å². The van der Waals surface area contributed by atoms with Gasteiger partial charge in [0, 0.05) is 16.9 Å². The number of carbonyl (C=O) groups is 2. The smallest absolute Gasteiger partial charge is 0.266 e. The van der Waals surface area contributed by atoms with Gasteiger partial charge >= 0.3 is 0 Å². The number of amides is 2. The highest BCUT2D eigenvalue weighted by Gasteiger charge is 2.58. The highest BCUT2D eigenvalue weighted by Crippen LogP contribution is 2.53. The van der Waals surface area contributed by atoms with E-state index in [0.717, 1.165) is 22.5 Å². The molecule has 0 aliphatic carbocycles. The van der Waals surface area contributed by atoms with Gasteiger partial charge in [-0.1, -0.05) is 24.3 Å². The minimum Gasteiger partial charge on any atom is -0.323 e. The molecule has 1 atom stereocenters. The van der Waals surface area contributed by atoms with Crippen LogP contribution in [0.2, 0.25) is 0 Å². The summed E-state index contributed by atoms with van der Waals surface area (Å²) in [6.07, 6.45) is 0. The lowest BCUT2D eigenvalue weighted by Gasteiger charge is -2.32. The van der Waals surface area contributed by atoms with Crippen molar-refractivity contribution >= 4 is 35.0 Å². The van der Waals surface area contributed by atoms with Crippen LogP contribution in [0, 0.1) is 13.8 Å². The lowest BCUT2D eigenvalue weighted by molar-refractivity contribution is -0.122. The van der Waals surface area contributed by atoms with Gasteiger partial charge in [0.05, 0.1) is 5.75 Å². The molecule has 1 saturated heterocycles. The molecule has 1 N–H and O–H groups in total. The van der Waals surface area contributed by atoms with Crippen molar-refractivity contribution in [2.45, 2.75) is 18.7 Å². The average Bonchev–Trinajstić information content (AvgIpc) is 3.02. The number of carbonyl (C=O) groups excluding carboxylic acids is 2. The Bertz CT molecular complexity index is 849. The van der Waals surface area contributed by atoms with Gasteiger partial charge in [0.1, 0.15) is 0 Å². The van der Waals surface area contributed by atoms with E-state index in [-0.39, 0.29) is 11.8 Å². The Balaban J connectivity index is 1.93. The van der Waals surface area contributed by atoms with Gasteiger partial charge in [-0.2, -0.15) is 0 Å². The number of nitrogens with zero attached hydrogens (tertiary/aromatic N) is 1. The van der Waals surface area contributed by atoms with Crippen molar-refractivity contribution in [1.29, 1.82) is 0 Å². The molecule has 2 heterocycles. The molecule has 4 nitrogen and oxygen atoms in total. The highest BCUT2D eigenvalue weighted by molar-refractivity contribution is 8.02. The standard InChI is InChI=1S/C18H16N2O2S/c1-11-7-8-13(9-12(11)2)20-16(21)10-23-18(20)14-5-3-4-6-15(14)19-17(18)22/h3-9H,10H2,1-2H3,(H,19,22)/t18-/m1/s1. The predicted octanol–water partition coefficient (Wildman–Crippen LogP) is 3.19. The number of anilines is 2. The summed E-state index contributed by atoms with van der Waals surface area (Å²) in [4.78, 5) is 26.1. The van der Waals surface area contributed by atoms with Crippen molar-refractivity contribution in [2.24, 2.45) is 0 Å². The number of nitrogens with one attached hydrogen (secondary N) is 1. The van der Waals surface area contributed by atoms with Gasteiger partial charge in [0.15, 0.2) is 0 Å². The van der Waals surface area contributed by atoms with E-state index in [2.05, 4.69) is 5.32 Å². The molecule has 1 fully saturated rings. The van der Waals surface area contributed by atoms with Crippen LogP contribution in [-0.2, 0) is 14.5 Å². The van der Waals surface area contributed by atoms with Gasteiger partial charge in [0.2, 0.25) is 10.8 Å². The number of fused-ring (bicyclic) bond motifs is 2. The van der Waals surface area contributed by atoms with Crippen LogP contribution in [0.1, 0.15) is 16.7 Å². The van der Waals surface area contributed by atoms with Gasteiger partial charge in [-0.15, -0.1) is 11.8 Å². The molecule has 0 bridgehead atoms. The maximum Gasteiger partial charge on any atom is 0.266 e. The predicted molar refractivity (Wildman–Crippen MR) is 92.6 cm³/mol. The van der Waals surface area contributed by atoms with Crippen molar-refractivity contribution in [3.05, 3.63) is 59.2 Å². The minimum absolute atomic E-state index is 0.0369. The summed E-state index contributed by atoms with van der Waals surface area (Å²) in [7, 11) is 0. The summed E-state index contributed by atoms with van der Waals surface area (Å²) in [5, 5.41) is 2.92. The summed E-state index contributed by atoms with van der Waals surface area (Å²) >= 11 is 1.39. The fraction of sp³-hybridized carbons (Fsp3) is 0.222. The van der Waals surface area contributed by atoms with E-state index < -0.39 is 4.87 Å². The fourth-order valence-corrected chi connectivity index (χ4v) is 4.56. The first-order valence-corrected chi connectivity index (χ1v) is 8.48. The third-order valence-electron chi connectivity index (χ3n) is 4.57. The van der Waals surface area contributed by atoms with E-state index in [1.165, 1.54) is 17.3 Å². The molecule has 2 amide bonds. The second-order valence-electron chi connectivity index (χ2n) is 5.93. The molecule has 2 aromatic rings. The molecular formula is C18H16N2O2S. The third-order valence-corrected chi connectivity index (χ3v) is 5.96. The molecule has 4 rings (SSSR count). The zero-order chi connectivity index (χ0) is 16.2. The first-order valence-electron chi connectivity index (χ1n) is 7.49. The number of hydrogen-bond acceptors (Lipinski definition) is 3. The molecule has 0 unspecified atom stereocenters. The lowest BCUT2D eigenvalue weighted by atomic mass is 10.0. The van der Waals surface area contributed by atoms with E-state index in [1.807, 2.05) is 56.3 Å². The van der Waals surface area contributed by atoms with Crippen molar-refractivity contribution in [1.82, 2.24) is 0 Å². The molecule has 0 aromatic heterocycles. The zero-order valence-corrected chi connectivity index (χ0v) is 13.7. The van der Waals surface area contributed by atoms with Crippen molar-refractivity contribution in [2.75, 3.05) is 16.0 Å². The van der Waals surface area contributed by atoms with E-state index >= 15 is 0 Å². The van der Waals surface area contributed by atoms with Crippen LogP contribution in [-0.4, -0.2) is 17.6 Å². The van der Waals surface area contributed by atoms with E-state index in [0.29, 0.717) is 5.75 Å². The number of thioether (sulfide) groups is 1. The number of hydrogen-bond donors (Lipinski definition) is 1. The Morgan fingerprint density at radius 3 is 2.65 bits per heavy atom. The first-order chi connectivity index (χ1) is 11.0. The zero-order valence-electron chi connectivity index (χ0n) is 12.9. The molecule has 2 aromatic carbocycles. The van der Waals surface area contributed by atoms with E-state index in [4.69, 9.17) is 0 Å². The molecule has 2 aliphatic rings. The molecule has 1 spiro atoms. The number of para-hydroxylation sites is 1. The summed E-state index contributed by atoms with van der Waals surface area (Å²) in [5.74, 6) is 0.118. The maximum absolute atomic E-state index is 12.8. The second kappa shape index (κ2) is 4.86. The van der Waals surface area contributed by atoms with Gasteiger partial charge in [-0.3, -0.25) is 14.5 Å². The van der Waals surface area contributed by atoms with E-state index in [1.54, 1.807) is 4.90 Å². The van der Waals surface area contributed by atoms with Crippen LogP contribution in [0.5, 0.6) is 0 Å². The van der Waals surface area contributed by atoms with Crippen molar-refractivity contribution in [3.8, 4) is 0 Å². The fourth-order valence-electron chi connectivity index (χ4n) is 3.24. The Morgan fingerprint density at radius 1 is 1.09 bits per heavy atom. The number of rotatable bonds is 1.